The van der Waals surface area contributed by atoms with Crippen LogP contribution in [0.25, 0.3) is 22.3 Å². The molecule has 2 heterocycles. The lowest BCUT2D eigenvalue weighted by molar-refractivity contribution is 0.378. The van der Waals surface area contributed by atoms with E-state index in [4.69, 9.17) is 0 Å². The Morgan fingerprint density at radius 2 is 0.557 bits per heavy atom. The Hall–Kier alpha value is -4.72. The zero-order chi connectivity index (χ0) is 90.1. The Labute approximate surface area is 761 Å². The second kappa shape index (κ2) is 43.1. The van der Waals surface area contributed by atoms with Gasteiger partial charge in [-0.1, -0.05) is 607 Å². The lowest BCUT2D eigenvalue weighted by Gasteiger charge is -2.53. The van der Waals surface area contributed by atoms with E-state index in [1.54, 1.807) is 41.5 Å². The van der Waals surface area contributed by atoms with E-state index in [9.17, 15) is 0 Å². The normalized spacial score (nSPS) is 18.1. The van der Waals surface area contributed by atoms with Crippen LogP contribution >= 0.6 is 0 Å². The third kappa shape index (κ3) is 20.3. The maximum Gasteiger partial charge on any atom is 0.122 e. The van der Waals surface area contributed by atoms with Crippen LogP contribution < -0.4 is 41.5 Å². The van der Waals surface area contributed by atoms with Crippen LogP contribution in [0.3, 0.4) is 0 Å². The SMILES string of the molecule is CC(C)[Si](C)(C(C)C)C1(C)CCCCC1.CC1([Si](C)(C)C)CCCCC1.CC1([Si](C)(c2ccccc2)c2ccccc2)CCCCC1.CC1([Si]2(C)c3ccccc3-c3ccccc32)CCCCC1.CCC(C)(CC)[Si](C)(C(C)C)C(C)C.CCC(C)(CC)[Si](C)(c1ccccc1)c1ccccc1.CCC(C)(CC)[Si]1(C)c2ccccc2-c2ccccc21. The van der Waals surface area contributed by atoms with Gasteiger partial charge in [-0.3, -0.25) is 0 Å². The molecule has 6 aliphatic rings. The molecule has 0 aromatic heterocycles. The largest absolute Gasteiger partial charge is 0.122 e. The van der Waals surface area contributed by atoms with Gasteiger partial charge in [0.05, 0.1) is 24.2 Å². The minimum absolute atomic E-state index is 0.385. The Morgan fingerprint density at radius 3 is 0.828 bits per heavy atom. The number of benzene rings is 8. The van der Waals surface area contributed by atoms with Gasteiger partial charge in [-0.25, -0.2) is 0 Å². The van der Waals surface area contributed by atoms with Crippen LogP contribution in [0, 0.1) is 0 Å². The molecular weight excluding hydrogens is 1580 g/mol. The maximum atomic E-state index is 2.67. The Morgan fingerprint density at radius 1 is 0.295 bits per heavy atom. The van der Waals surface area contributed by atoms with Crippen molar-refractivity contribution in [3.63, 3.8) is 0 Å². The molecule has 8 aromatic rings. The molecule has 0 radical (unpaired) electrons. The molecular formula is C115H182Si7. The summed E-state index contributed by atoms with van der Waals surface area (Å²) < 4.78 is 0. The third-order valence-corrected chi connectivity index (χ3v) is 82.6. The van der Waals surface area contributed by atoms with E-state index in [-0.39, 0.29) is 0 Å². The summed E-state index contributed by atoms with van der Waals surface area (Å²) in [6, 6.07) is 81.7. The van der Waals surface area contributed by atoms with E-state index in [2.05, 4.69) is 423 Å². The van der Waals surface area contributed by atoms with Gasteiger partial charge in [0.1, 0.15) is 32.3 Å². The second-order valence-electron chi connectivity index (χ2n) is 44.9. The molecule has 7 heteroatoms. The van der Waals surface area contributed by atoms with Crippen molar-refractivity contribution in [2.45, 2.75) is 429 Å². The highest BCUT2D eigenvalue weighted by Crippen LogP contribution is 2.60. The van der Waals surface area contributed by atoms with Gasteiger partial charge in [-0.05, 0) is 104 Å². The Bertz CT molecular complexity index is 4180. The van der Waals surface area contributed by atoms with Crippen molar-refractivity contribution in [2.24, 2.45) is 0 Å². The zero-order valence-corrected chi connectivity index (χ0v) is 91.5. The summed E-state index contributed by atoms with van der Waals surface area (Å²) in [5.74, 6) is 0. The summed E-state index contributed by atoms with van der Waals surface area (Å²) >= 11 is 0. The van der Waals surface area contributed by atoms with E-state index in [0.29, 0.717) is 30.2 Å². The zero-order valence-electron chi connectivity index (χ0n) is 84.5. The van der Waals surface area contributed by atoms with Gasteiger partial charge in [-0.2, -0.15) is 0 Å². The summed E-state index contributed by atoms with van der Waals surface area (Å²) in [5.41, 5.74) is 9.68. The van der Waals surface area contributed by atoms with Gasteiger partial charge in [-0.15, -0.1) is 0 Å². The molecule has 0 amide bonds. The molecule has 4 saturated carbocycles. The third-order valence-electron chi connectivity index (χ3n) is 38.4. The van der Waals surface area contributed by atoms with Crippen LogP contribution in [0.2, 0.25) is 116 Å². The first kappa shape index (κ1) is 103. The summed E-state index contributed by atoms with van der Waals surface area (Å²) in [6.07, 6.45) is 36.7. The molecule has 670 valence electrons. The summed E-state index contributed by atoms with van der Waals surface area (Å²) in [4.78, 5) is 0. The van der Waals surface area contributed by atoms with Crippen molar-refractivity contribution >= 4 is 98.0 Å². The van der Waals surface area contributed by atoms with Crippen molar-refractivity contribution in [2.75, 3.05) is 0 Å². The fourth-order valence-electron chi connectivity index (χ4n) is 25.7. The maximum absolute atomic E-state index is 2.67. The average Bonchev–Trinajstić information content (AvgIpc) is 1.55. The molecule has 0 N–H and O–H groups in total. The highest BCUT2D eigenvalue weighted by atomic mass is 28.3. The summed E-state index contributed by atoms with van der Waals surface area (Å²) in [6.45, 7) is 74.9. The minimum Gasteiger partial charge on any atom is -0.0692 e. The van der Waals surface area contributed by atoms with Gasteiger partial charge in [0.25, 0.3) is 0 Å². The van der Waals surface area contributed by atoms with E-state index in [1.807, 2.05) is 0 Å². The summed E-state index contributed by atoms with van der Waals surface area (Å²) in [7, 11) is -9.98. The Balaban J connectivity index is 0.000000179. The highest BCUT2D eigenvalue weighted by molar-refractivity contribution is 7.08. The lowest BCUT2D eigenvalue weighted by Crippen LogP contribution is -2.63. The molecule has 0 spiro atoms. The number of fused-ring (bicyclic) bond motifs is 6. The van der Waals surface area contributed by atoms with Crippen molar-refractivity contribution in [1.82, 2.24) is 0 Å². The molecule has 14 rings (SSSR count). The molecule has 8 aromatic carbocycles. The molecule has 2 aliphatic heterocycles. The molecule has 0 unspecified atom stereocenters. The monoisotopic (exact) mass is 1760 g/mol. The highest BCUT2D eigenvalue weighted by Gasteiger charge is 2.57. The average molecular weight is 1760 g/mol. The van der Waals surface area contributed by atoms with E-state index < -0.39 is 56.5 Å². The topological polar surface area (TPSA) is 0 Å². The van der Waals surface area contributed by atoms with Gasteiger partial charge in [0.15, 0.2) is 0 Å². The molecule has 122 heavy (non-hydrogen) atoms. The van der Waals surface area contributed by atoms with Crippen LogP contribution in [-0.4, -0.2) is 56.5 Å². The fraction of sp³-hybridized carbons (Fsp3) is 0.583. The van der Waals surface area contributed by atoms with E-state index >= 15 is 0 Å². The quantitative estimate of drug-likeness (QED) is 0.0629. The van der Waals surface area contributed by atoms with Gasteiger partial charge in [0, 0.05) is 0 Å². The van der Waals surface area contributed by atoms with E-state index in [0.717, 1.165) is 27.2 Å². The molecule has 0 nitrogen and oxygen atoms in total. The van der Waals surface area contributed by atoms with Crippen LogP contribution in [0.4, 0.5) is 0 Å². The standard InChI is InChI=1S/C20H24Si.C20H26Si.C19H24Si.C19H26Si.C14H30Si.C13H30Si.C10H22Si/c1-20(14-8-3-9-15-20)21(2)18-12-6-4-10-16(18)17-11-5-7-13-19(17)21;1-20(16-10-5-11-17-20)21(2,18-12-6-3-7-13-18)19-14-8-4-9-15-19;1-5-19(3,6-2)20(4)17-13-9-7-11-15(17)16-12-8-10-14-18(16)20;1-5-19(3,6-2)20(4,17-13-9-7-10-14-17)18-15-11-8-12-16-18;1-12(2)15(6,13(3)4)14(5)10-8-7-9-11-14;1-9-13(7,10-2)14(8,11(3)4)12(5)6;1-10(11(2,3)4)8-6-5-7-9-10/h4-7,10-13H,3,8-9,14-15H2,1-2H3;3-4,6-9,12-15H,5,10-11,16-17H2,1-2H3;7-14H,5-6H2,1-4H3;7-16H,5-6H2,1-4H3;12-13H,7-11H2,1-6H3;11-12H,9-10H2,1-8H3;5-9H2,1-4H3. The Kier molecular flexibility index (Phi) is 36.3. The second-order valence-corrected chi connectivity index (χ2v) is 81.0. The van der Waals surface area contributed by atoms with Crippen LogP contribution in [0.5, 0.6) is 0 Å². The van der Waals surface area contributed by atoms with Crippen molar-refractivity contribution < 1.29 is 0 Å². The lowest BCUT2D eigenvalue weighted by atomic mass is 9.90. The van der Waals surface area contributed by atoms with Gasteiger partial charge < -0.3 is 0 Å². The van der Waals surface area contributed by atoms with Gasteiger partial charge >= 0.3 is 0 Å². The van der Waals surface area contributed by atoms with E-state index in [1.165, 1.54) is 189 Å². The molecule has 4 fully saturated rings. The van der Waals surface area contributed by atoms with Crippen molar-refractivity contribution in [1.29, 1.82) is 0 Å². The van der Waals surface area contributed by atoms with Crippen LogP contribution in [-0.2, 0) is 0 Å². The predicted octanol–water partition coefficient (Wildman–Crippen LogP) is 33.2. The fourth-order valence-corrected chi connectivity index (χ4v) is 59.1. The molecule has 4 aliphatic carbocycles. The molecule has 0 bridgehead atoms. The smallest absolute Gasteiger partial charge is 0.0692 e. The van der Waals surface area contributed by atoms with Crippen LogP contribution in [0.15, 0.2) is 218 Å². The first-order valence-electron chi connectivity index (χ1n) is 50.2. The minimum atomic E-state index is -1.76. The summed E-state index contributed by atoms with van der Waals surface area (Å²) in [5, 5.41) is 16.9. The molecule has 0 atom stereocenters. The first-order valence-corrected chi connectivity index (χ1v) is 69.0. The number of hydrogen-bond donors (Lipinski definition) is 0. The number of rotatable bonds is 21. The van der Waals surface area contributed by atoms with Gasteiger partial charge in [0.2, 0.25) is 0 Å². The predicted molar refractivity (Wildman–Crippen MR) is 573 cm³/mol. The van der Waals surface area contributed by atoms with Crippen LogP contribution in [0.1, 0.15) is 312 Å². The van der Waals surface area contributed by atoms with Crippen molar-refractivity contribution in [3.05, 3.63) is 218 Å². The van der Waals surface area contributed by atoms with Crippen molar-refractivity contribution in [3.8, 4) is 22.3 Å². The first-order chi connectivity index (χ1) is 57.6. The number of hydrogen-bond acceptors (Lipinski definition) is 0. The molecule has 0 saturated heterocycles.